The average Bonchev–Trinajstić information content (AvgIpc) is 2.42. The molecule has 0 saturated carbocycles. The molecule has 19 heavy (non-hydrogen) atoms. The Kier molecular flexibility index (Phi) is 4.52. The third-order valence-electron chi connectivity index (χ3n) is 2.67. The van der Waals surface area contributed by atoms with Gasteiger partial charge in [0.15, 0.2) is 11.5 Å². The number of ether oxygens (including phenoxy) is 3. The lowest BCUT2D eigenvalue weighted by Gasteiger charge is -2.12. The van der Waals surface area contributed by atoms with Crippen LogP contribution in [-0.4, -0.2) is 14.2 Å². The van der Waals surface area contributed by atoms with Gasteiger partial charge in [-0.3, -0.25) is 0 Å². The number of halogens is 1. The maximum absolute atomic E-state index is 5.89. The van der Waals surface area contributed by atoms with E-state index in [0.29, 0.717) is 11.5 Å². The summed E-state index contributed by atoms with van der Waals surface area (Å²) in [5.41, 5.74) is 1.16. The highest BCUT2D eigenvalue weighted by molar-refractivity contribution is 14.1. The van der Waals surface area contributed by atoms with Gasteiger partial charge in [-0.25, -0.2) is 0 Å². The third-order valence-corrected chi connectivity index (χ3v) is 3.56. The molecule has 0 atom stereocenters. The first-order valence-electron chi connectivity index (χ1n) is 5.80. The molecule has 0 aliphatic rings. The molecule has 3 nitrogen and oxygen atoms in total. The van der Waals surface area contributed by atoms with Crippen molar-refractivity contribution in [2.75, 3.05) is 14.2 Å². The van der Waals surface area contributed by atoms with Crippen molar-refractivity contribution in [2.45, 2.75) is 6.92 Å². The summed E-state index contributed by atoms with van der Waals surface area (Å²) in [4.78, 5) is 0. The second kappa shape index (κ2) is 6.14. The fourth-order valence-corrected chi connectivity index (χ4v) is 2.14. The minimum atomic E-state index is 0.655. The van der Waals surface area contributed by atoms with Crippen molar-refractivity contribution in [3.8, 4) is 23.0 Å². The van der Waals surface area contributed by atoms with Crippen LogP contribution in [0, 0.1) is 10.5 Å². The second-order valence-corrected chi connectivity index (χ2v) is 5.21. The lowest BCUT2D eigenvalue weighted by atomic mass is 10.2. The Morgan fingerprint density at radius 2 is 1.58 bits per heavy atom. The number of hydrogen-bond donors (Lipinski definition) is 0. The third kappa shape index (κ3) is 3.32. The van der Waals surface area contributed by atoms with Crippen molar-refractivity contribution in [3.05, 3.63) is 45.5 Å². The summed E-state index contributed by atoms with van der Waals surface area (Å²) in [6, 6.07) is 11.6. The Labute approximate surface area is 126 Å². The fourth-order valence-electron chi connectivity index (χ4n) is 1.70. The van der Waals surface area contributed by atoms with Crippen LogP contribution in [0.25, 0.3) is 0 Å². The molecule has 0 fully saturated rings. The number of hydrogen-bond acceptors (Lipinski definition) is 3. The maximum Gasteiger partial charge on any atom is 0.164 e. The van der Waals surface area contributed by atoms with Crippen LogP contribution < -0.4 is 14.2 Å². The summed E-state index contributed by atoms with van der Waals surface area (Å²) in [5.74, 6) is 2.91. The van der Waals surface area contributed by atoms with Crippen molar-refractivity contribution in [1.29, 1.82) is 0 Å². The maximum atomic E-state index is 5.89. The quantitative estimate of drug-likeness (QED) is 0.747. The van der Waals surface area contributed by atoms with Crippen LogP contribution in [0.1, 0.15) is 5.56 Å². The monoisotopic (exact) mass is 370 g/mol. The highest BCUT2D eigenvalue weighted by Crippen LogP contribution is 2.34. The molecule has 2 aromatic carbocycles. The predicted molar refractivity (Wildman–Crippen MR) is 83.5 cm³/mol. The lowest BCUT2D eigenvalue weighted by molar-refractivity contribution is 0.352. The van der Waals surface area contributed by atoms with Gasteiger partial charge in [0.2, 0.25) is 0 Å². The number of benzene rings is 2. The van der Waals surface area contributed by atoms with E-state index in [4.69, 9.17) is 14.2 Å². The molecule has 0 amide bonds. The van der Waals surface area contributed by atoms with Crippen LogP contribution in [0.2, 0.25) is 0 Å². The van der Waals surface area contributed by atoms with Crippen LogP contribution in [0.3, 0.4) is 0 Å². The predicted octanol–water partition coefficient (Wildman–Crippen LogP) is 4.41. The summed E-state index contributed by atoms with van der Waals surface area (Å²) >= 11 is 2.25. The molecule has 2 aromatic rings. The first-order valence-corrected chi connectivity index (χ1v) is 6.88. The summed E-state index contributed by atoms with van der Waals surface area (Å²) in [5, 5.41) is 0. The Morgan fingerprint density at radius 1 is 0.842 bits per heavy atom. The van der Waals surface area contributed by atoms with Crippen LogP contribution >= 0.6 is 22.6 Å². The van der Waals surface area contributed by atoms with Crippen LogP contribution in [0.4, 0.5) is 0 Å². The first kappa shape index (κ1) is 14.0. The van der Waals surface area contributed by atoms with Gasteiger partial charge in [-0.05, 0) is 59.3 Å². The standard InChI is InChI=1S/C15H15IO3/c1-10-4-6-12(16)14(8-10)19-11-5-7-13(17-2)15(9-11)18-3/h4-9H,1-3H3. The number of methoxy groups -OCH3 is 2. The summed E-state index contributed by atoms with van der Waals surface area (Å²) < 4.78 is 17.4. The average molecular weight is 370 g/mol. The Bertz CT molecular complexity index is 582. The van der Waals surface area contributed by atoms with E-state index in [-0.39, 0.29) is 0 Å². The molecule has 0 heterocycles. The molecule has 0 saturated heterocycles. The van der Waals surface area contributed by atoms with E-state index in [1.54, 1.807) is 14.2 Å². The van der Waals surface area contributed by atoms with Crippen LogP contribution in [-0.2, 0) is 0 Å². The first-order chi connectivity index (χ1) is 9.13. The number of rotatable bonds is 4. The second-order valence-electron chi connectivity index (χ2n) is 4.05. The summed E-state index contributed by atoms with van der Waals surface area (Å²) in [6.45, 7) is 2.04. The molecule has 0 radical (unpaired) electrons. The van der Waals surface area contributed by atoms with E-state index < -0.39 is 0 Å². The molecular formula is C15H15IO3. The fraction of sp³-hybridized carbons (Fsp3) is 0.200. The van der Waals surface area contributed by atoms with Gasteiger partial charge in [0.25, 0.3) is 0 Å². The van der Waals surface area contributed by atoms with Crippen LogP contribution in [0.15, 0.2) is 36.4 Å². The Hall–Kier alpha value is -1.43. The smallest absolute Gasteiger partial charge is 0.164 e. The van der Waals surface area contributed by atoms with E-state index in [1.807, 2.05) is 37.3 Å². The normalized spacial score (nSPS) is 10.1. The zero-order valence-electron chi connectivity index (χ0n) is 11.1. The molecule has 0 spiro atoms. The van der Waals surface area contributed by atoms with Gasteiger partial charge in [0.1, 0.15) is 11.5 Å². The molecule has 100 valence electrons. The van der Waals surface area contributed by atoms with Gasteiger partial charge >= 0.3 is 0 Å². The molecule has 0 bridgehead atoms. The van der Waals surface area contributed by atoms with Gasteiger partial charge in [-0.15, -0.1) is 0 Å². The largest absolute Gasteiger partial charge is 0.493 e. The lowest BCUT2D eigenvalue weighted by Crippen LogP contribution is -1.92. The Morgan fingerprint density at radius 3 is 2.26 bits per heavy atom. The SMILES string of the molecule is COc1ccc(Oc2cc(C)ccc2I)cc1OC. The highest BCUT2D eigenvalue weighted by Gasteiger charge is 2.08. The van der Waals surface area contributed by atoms with Gasteiger partial charge in [-0.2, -0.15) is 0 Å². The molecule has 2 rings (SSSR count). The molecule has 0 aliphatic carbocycles. The van der Waals surface area contributed by atoms with E-state index in [0.717, 1.165) is 20.6 Å². The highest BCUT2D eigenvalue weighted by atomic mass is 127. The molecule has 0 N–H and O–H groups in total. The zero-order valence-corrected chi connectivity index (χ0v) is 13.2. The molecule has 0 unspecified atom stereocenters. The minimum Gasteiger partial charge on any atom is -0.493 e. The van der Waals surface area contributed by atoms with E-state index in [1.165, 1.54) is 0 Å². The minimum absolute atomic E-state index is 0.655. The van der Waals surface area contributed by atoms with Crippen molar-refractivity contribution in [1.82, 2.24) is 0 Å². The van der Waals surface area contributed by atoms with Crippen molar-refractivity contribution >= 4 is 22.6 Å². The molecule has 0 aliphatic heterocycles. The zero-order chi connectivity index (χ0) is 13.8. The summed E-state index contributed by atoms with van der Waals surface area (Å²) in [6.07, 6.45) is 0. The summed E-state index contributed by atoms with van der Waals surface area (Å²) in [7, 11) is 3.22. The van der Waals surface area contributed by atoms with Gasteiger partial charge in [-0.1, -0.05) is 6.07 Å². The molecular weight excluding hydrogens is 355 g/mol. The van der Waals surface area contributed by atoms with E-state index >= 15 is 0 Å². The molecule has 0 aromatic heterocycles. The van der Waals surface area contributed by atoms with Crippen molar-refractivity contribution < 1.29 is 14.2 Å². The van der Waals surface area contributed by atoms with Gasteiger partial charge < -0.3 is 14.2 Å². The molecule has 4 heteroatoms. The van der Waals surface area contributed by atoms with Crippen molar-refractivity contribution in [3.63, 3.8) is 0 Å². The van der Waals surface area contributed by atoms with E-state index in [9.17, 15) is 0 Å². The van der Waals surface area contributed by atoms with Crippen molar-refractivity contribution in [2.24, 2.45) is 0 Å². The van der Waals surface area contributed by atoms with Gasteiger partial charge in [0, 0.05) is 6.07 Å². The van der Waals surface area contributed by atoms with E-state index in [2.05, 4.69) is 28.7 Å². The van der Waals surface area contributed by atoms with Gasteiger partial charge in [0.05, 0.1) is 17.8 Å². The Balaban J connectivity index is 2.30. The number of aryl methyl sites for hydroxylation is 1. The van der Waals surface area contributed by atoms with Crippen LogP contribution in [0.5, 0.6) is 23.0 Å². The topological polar surface area (TPSA) is 27.7 Å².